The second-order valence-corrected chi connectivity index (χ2v) is 7.42. The van der Waals surface area contributed by atoms with Gasteiger partial charge < -0.3 is 19.5 Å². The number of halogens is 1. The van der Waals surface area contributed by atoms with Crippen molar-refractivity contribution >= 4 is 39.5 Å². The van der Waals surface area contributed by atoms with E-state index in [4.69, 9.17) is 26.4 Å². The maximum atomic E-state index is 5.92. The molecule has 0 bridgehead atoms. The molecule has 0 unspecified atom stereocenters. The molecule has 0 aliphatic heterocycles. The van der Waals surface area contributed by atoms with Crippen molar-refractivity contribution in [3.8, 4) is 17.2 Å². The van der Waals surface area contributed by atoms with Gasteiger partial charge >= 0.3 is 0 Å². The highest BCUT2D eigenvalue weighted by Crippen LogP contribution is 2.36. The molecular formula is C21H26BrN3O3S. The van der Waals surface area contributed by atoms with E-state index in [9.17, 15) is 0 Å². The van der Waals surface area contributed by atoms with Crippen LogP contribution >= 0.6 is 28.1 Å². The number of hydrogen-bond acceptors (Lipinski definition) is 5. The first-order chi connectivity index (χ1) is 13.9. The lowest BCUT2D eigenvalue weighted by atomic mass is 10.1. The van der Waals surface area contributed by atoms with Crippen LogP contribution in [0.3, 0.4) is 0 Å². The highest BCUT2D eigenvalue weighted by Gasteiger charge is 2.12. The second kappa shape index (κ2) is 11.6. The van der Waals surface area contributed by atoms with Gasteiger partial charge in [0.15, 0.2) is 16.6 Å². The smallest absolute Gasteiger partial charge is 0.186 e. The fourth-order valence-corrected chi connectivity index (χ4v) is 3.02. The molecule has 0 atom stereocenters. The number of aryl methyl sites for hydroxylation is 2. The van der Waals surface area contributed by atoms with Gasteiger partial charge in [0.2, 0.25) is 0 Å². The number of ether oxygens (including phenoxy) is 3. The summed E-state index contributed by atoms with van der Waals surface area (Å²) in [6.45, 7) is 7.40. The Hall–Kier alpha value is -2.32. The van der Waals surface area contributed by atoms with Crippen LogP contribution in [0.4, 0.5) is 0 Å². The highest BCUT2D eigenvalue weighted by atomic mass is 79.9. The topological polar surface area (TPSA) is 64.1 Å². The van der Waals surface area contributed by atoms with E-state index in [-0.39, 0.29) is 0 Å². The number of hydrogen-bond donors (Lipinski definition) is 2. The van der Waals surface area contributed by atoms with Gasteiger partial charge in [-0.2, -0.15) is 5.10 Å². The first kappa shape index (κ1) is 23.0. The maximum absolute atomic E-state index is 5.92. The van der Waals surface area contributed by atoms with Gasteiger partial charge in [0.1, 0.15) is 19.0 Å². The van der Waals surface area contributed by atoms with Crippen molar-refractivity contribution in [3.05, 3.63) is 51.5 Å². The Morgan fingerprint density at radius 1 is 1.10 bits per heavy atom. The fraction of sp³-hybridized carbons (Fsp3) is 0.333. The standard InChI is InChI=1S/C21H26BrN3O3S/c1-5-26-19-12-16(13-24-25-21(29)23-4)11-18(22)20(19)28-9-8-27-17-7-6-14(2)15(3)10-17/h6-7,10-13H,5,8-9H2,1-4H3,(H2,23,25,29). The monoisotopic (exact) mass is 479 g/mol. The normalized spacial score (nSPS) is 10.7. The summed E-state index contributed by atoms with van der Waals surface area (Å²) in [5, 5.41) is 7.32. The van der Waals surface area contributed by atoms with E-state index >= 15 is 0 Å². The van der Waals surface area contributed by atoms with Crippen LogP contribution in [-0.4, -0.2) is 38.2 Å². The van der Waals surface area contributed by atoms with Gasteiger partial charge in [0.25, 0.3) is 0 Å². The van der Waals surface area contributed by atoms with Gasteiger partial charge in [-0.1, -0.05) is 6.07 Å². The summed E-state index contributed by atoms with van der Waals surface area (Å²) in [4.78, 5) is 0. The molecule has 0 spiro atoms. The molecule has 0 aliphatic rings. The molecule has 0 radical (unpaired) electrons. The minimum atomic E-state index is 0.386. The summed E-state index contributed by atoms with van der Waals surface area (Å²) < 4.78 is 18.2. The predicted octanol–water partition coefficient (Wildman–Crippen LogP) is 4.35. The Morgan fingerprint density at radius 2 is 1.86 bits per heavy atom. The van der Waals surface area contributed by atoms with Crippen LogP contribution in [0.5, 0.6) is 17.2 Å². The quantitative estimate of drug-likeness (QED) is 0.241. The van der Waals surface area contributed by atoms with Crippen molar-refractivity contribution in [2.75, 3.05) is 26.9 Å². The Balaban J connectivity index is 2.01. The van der Waals surface area contributed by atoms with E-state index in [1.165, 1.54) is 11.1 Å². The summed E-state index contributed by atoms with van der Waals surface area (Å²) in [6, 6.07) is 9.80. The lowest BCUT2D eigenvalue weighted by Crippen LogP contribution is -2.28. The molecule has 8 heteroatoms. The fourth-order valence-electron chi connectivity index (χ4n) is 2.39. The zero-order valence-corrected chi connectivity index (χ0v) is 19.4. The number of benzene rings is 2. The number of rotatable bonds is 9. The largest absolute Gasteiger partial charge is 0.490 e. The van der Waals surface area contributed by atoms with Gasteiger partial charge in [-0.3, -0.25) is 5.43 Å². The molecule has 2 aromatic carbocycles. The summed E-state index contributed by atoms with van der Waals surface area (Å²) in [5.41, 5.74) is 6.00. The van der Waals surface area contributed by atoms with Crippen LogP contribution in [-0.2, 0) is 0 Å². The van der Waals surface area contributed by atoms with Crippen molar-refractivity contribution in [3.63, 3.8) is 0 Å². The summed E-state index contributed by atoms with van der Waals surface area (Å²) >= 11 is 8.54. The summed E-state index contributed by atoms with van der Waals surface area (Å²) in [5.74, 6) is 2.09. The molecule has 0 aliphatic carbocycles. The van der Waals surface area contributed by atoms with Gasteiger partial charge in [0, 0.05) is 7.05 Å². The van der Waals surface area contributed by atoms with Crippen LogP contribution in [0, 0.1) is 13.8 Å². The van der Waals surface area contributed by atoms with Crippen LogP contribution in [0.25, 0.3) is 0 Å². The SMILES string of the molecule is CCOc1cc(C=NNC(=S)NC)cc(Br)c1OCCOc1ccc(C)c(C)c1. The van der Waals surface area contributed by atoms with Crippen LogP contribution in [0.2, 0.25) is 0 Å². The molecule has 0 saturated heterocycles. The van der Waals surface area contributed by atoms with Gasteiger partial charge in [0.05, 0.1) is 17.3 Å². The average Bonchev–Trinajstić information content (AvgIpc) is 2.69. The molecule has 29 heavy (non-hydrogen) atoms. The molecule has 0 heterocycles. The molecule has 0 aromatic heterocycles. The Morgan fingerprint density at radius 3 is 2.55 bits per heavy atom. The minimum absolute atomic E-state index is 0.386. The van der Waals surface area contributed by atoms with Crippen molar-refractivity contribution in [1.29, 1.82) is 0 Å². The number of nitrogens with one attached hydrogen (secondary N) is 2. The van der Waals surface area contributed by atoms with Gasteiger partial charge in [-0.05, 0) is 89.9 Å². The highest BCUT2D eigenvalue weighted by molar-refractivity contribution is 9.10. The molecule has 0 amide bonds. The number of thiocarbonyl (C=S) groups is 1. The number of nitrogens with zero attached hydrogens (tertiary/aromatic N) is 1. The Kier molecular flexibility index (Phi) is 9.21. The lowest BCUT2D eigenvalue weighted by Gasteiger charge is -2.15. The second-order valence-electron chi connectivity index (χ2n) is 6.16. The van der Waals surface area contributed by atoms with Crippen LogP contribution in [0.1, 0.15) is 23.6 Å². The predicted molar refractivity (Wildman–Crippen MR) is 125 cm³/mol. The van der Waals surface area contributed by atoms with Gasteiger partial charge in [-0.15, -0.1) is 0 Å². The first-order valence-corrected chi connectivity index (χ1v) is 10.4. The van der Waals surface area contributed by atoms with E-state index < -0.39 is 0 Å². The van der Waals surface area contributed by atoms with E-state index in [0.717, 1.165) is 15.8 Å². The van der Waals surface area contributed by atoms with Crippen molar-refractivity contribution < 1.29 is 14.2 Å². The third kappa shape index (κ3) is 7.21. The molecule has 156 valence electrons. The van der Waals surface area contributed by atoms with E-state index in [0.29, 0.717) is 36.4 Å². The van der Waals surface area contributed by atoms with Crippen molar-refractivity contribution in [2.45, 2.75) is 20.8 Å². The van der Waals surface area contributed by atoms with Crippen LogP contribution in [0.15, 0.2) is 39.9 Å². The van der Waals surface area contributed by atoms with Crippen molar-refractivity contribution in [1.82, 2.24) is 10.7 Å². The molecule has 0 fully saturated rings. The molecule has 2 N–H and O–H groups in total. The van der Waals surface area contributed by atoms with E-state index in [2.05, 4.69) is 45.6 Å². The molecule has 6 nitrogen and oxygen atoms in total. The van der Waals surface area contributed by atoms with Gasteiger partial charge in [-0.25, -0.2) is 0 Å². The molecule has 2 rings (SSSR count). The number of hydrazone groups is 1. The van der Waals surface area contributed by atoms with Crippen LogP contribution < -0.4 is 25.0 Å². The minimum Gasteiger partial charge on any atom is -0.490 e. The molecule has 0 saturated carbocycles. The first-order valence-electron chi connectivity index (χ1n) is 9.24. The van der Waals surface area contributed by atoms with E-state index in [1.54, 1.807) is 13.3 Å². The zero-order valence-electron chi connectivity index (χ0n) is 17.0. The zero-order chi connectivity index (χ0) is 21.2. The average molecular weight is 480 g/mol. The van der Waals surface area contributed by atoms with E-state index in [1.807, 2.05) is 37.3 Å². The molecule has 2 aromatic rings. The Bertz CT molecular complexity index is 874. The Labute approximate surface area is 185 Å². The molecular weight excluding hydrogens is 454 g/mol. The third-order valence-corrected chi connectivity index (χ3v) is 4.90. The van der Waals surface area contributed by atoms with Crippen molar-refractivity contribution in [2.24, 2.45) is 5.10 Å². The maximum Gasteiger partial charge on any atom is 0.186 e. The summed E-state index contributed by atoms with van der Waals surface area (Å²) in [7, 11) is 1.73. The third-order valence-electron chi connectivity index (χ3n) is 4.02. The summed E-state index contributed by atoms with van der Waals surface area (Å²) in [6.07, 6.45) is 1.66. The lowest BCUT2D eigenvalue weighted by molar-refractivity contribution is 0.207.